The van der Waals surface area contributed by atoms with Crippen molar-refractivity contribution in [2.75, 3.05) is 18.4 Å². The van der Waals surface area contributed by atoms with E-state index in [0.29, 0.717) is 24.3 Å². The number of nitrogens with one attached hydrogen (secondary N) is 1. The second-order valence-electron chi connectivity index (χ2n) is 5.55. The van der Waals surface area contributed by atoms with E-state index in [4.69, 9.17) is 23.2 Å². The topological polar surface area (TPSA) is 45.2 Å². The summed E-state index contributed by atoms with van der Waals surface area (Å²) in [6, 6.07) is 7.92. The Balaban J connectivity index is 1.95. The van der Waals surface area contributed by atoms with Gasteiger partial charge in [-0.1, -0.05) is 35.3 Å². The van der Waals surface area contributed by atoms with E-state index in [1.807, 2.05) is 12.1 Å². The Kier molecular flexibility index (Phi) is 6.72. The fourth-order valence-corrected chi connectivity index (χ4v) is 2.55. The molecule has 1 N–H and O–H groups in total. The van der Waals surface area contributed by atoms with Gasteiger partial charge in [-0.25, -0.2) is 4.98 Å². The molecule has 1 aromatic heterocycles. The van der Waals surface area contributed by atoms with Crippen LogP contribution in [0.4, 0.5) is 19.0 Å². The zero-order chi connectivity index (χ0) is 19.3. The minimum Gasteiger partial charge on any atom is -0.367 e. The molecular formula is C17H16Cl2F3N3O. The van der Waals surface area contributed by atoms with Gasteiger partial charge in [0.1, 0.15) is 5.82 Å². The van der Waals surface area contributed by atoms with Crippen molar-refractivity contribution in [3.05, 3.63) is 57.7 Å². The van der Waals surface area contributed by atoms with Crippen molar-refractivity contribution in [2.24, 2.45) is 0 Å². The van der Waals surface area contributed by atoms with E-state index >= 15 is 0 Å². The summed E-state index contributed by atoms with van der Waals surface area (Å²) in [4.78, 5) is 17.1. The number of anilines is 1. The van der Waals surface area contributed by atoms with Gasteiger partial charge in [0.25, 0.3) is 0 Å². The molecule has 1 aromatic carbocycles. The number of halogens is 5. The molecule has 140 valence electrons. The van der Waals surface area contributed by atoms with Crippen molar-refractivity contribution >= 4 is 34.9 Å². The van der Waals surface area contributed by atoms with E-state index in [1.165, 1.54) is 6.92 Å². The molecule has 4 nitrogen and oxygen atoms in total. The van der Waals surface area contributed by atoms with E-state index in [0.717, 1.165) is 11.6 Å². The molecule has 26 heavy (non-hydrogen) atoms. The molecule has 0 fully saturated rings. The molecule has 0 saturated carbocycles. The molecule has 0 aliphatic carbocycles. The molecule has 2 aromatic rings. The molecule has 0 aliphatic heterocycles. The van der Waals surface area contributed by atoms with E-state index in [9.17, 15) is 18.0 Å². The van der Waals surface area contributed by atoms with Crippen LogP contribution in [-0.2, 0) is 17.5 Å². The Bertz CT molecular complexity index is 767. The van der Waals surface area contributed by atoms with Gasteiger partial charge in [-0.3, -0.25) is 4.79 Å². The van der Waals surface area contributed by atoms with Crippen LogP contribution in [0.3, 0.4) is 0 Å². The number of hydrogen-bond acceptors (Lipinski definition) is 3. The van der Waals surface area contributed by atoms with E-state index < -0.39 is 11.7 Å². The minimum absolute atomic E-state index is 0.131. The van der Waals surface area contributed by atoms with Crippen molar-refractivity contribution in [1.82, 2.24) is 9.88 Å². The van der Waals surface area contributed by atoms with Gasteiger partial charge in [0, 0.05) is 37.8 Å². The maximum absolute atomic E-state index is 12.6. The molecule has 0 bridgehead atoms. The van der Waals surface area contributed by atoms with E-state index in [-0.39, 0.29) is 23.3 Å². The number of nitrogens with zero attached hydrogens (tertiary/aromatic N) is 2. The van der Waals surface area contributed by atoms with Gasteiger partial charge in [-0.15, -0.1) is 0 Å². The van der Waals surface area contributed by atoms with Crippen LogP contribution >= 0.6 is 23.2 Å². The summed E-state index contributed by atoms with van der Waals surface area (Å²) in [6.45, 7) is 2.45. The maximum atomic E-state index is 12.6. The van der Waals surface area contributed by atoms with Gasteiger partial charge < -0.3 is 10.2 Å². The predicted octanol–water partition coefficient (Wildman–Crippen LogP) is 4.87. The second kappa shape index (κ2) is 8.60. The van der Waals surface area contributed by atoms with Crippen LogP contribution in [0.5, 0.6) is 0 Å². The largest absolute Gasteiger partial charge is 0.417 e. The zero-order valence-corrected chi connectivity index (χ0v) is 15.3. The number of pyridine rings is 1. The standard InChI is InChI=1S/C17H16Cl2F3N3O/c1-11(26)25(10-12-2-4-14(18)5-3-12)7-6-23-16-15(19)8-13(9-24-16)17(20,21)22/h2-5,8-9H,6-7,10H2,1H3,(H,23,24). The molecule has 0 spiro atoms. The zero-order valence-electron chi connectivity index (χ0n) is 13.8. The number of benzene rings is 1. The Morgan fingerprint density at radius 1 is 1.23 bits per heavy atom. The van der Waals surface area contributed by atoms with Gasteiger partial charge in [0.15, 0.2) is 0 Å². The molecule has 0 aliphatic rings. The number of carbonyl (C=O) groups is 1. The highest BCUT2D eigenvalue weighted by Crippen LogP contribution is 2.32. The molecule has 0 radical (unpaired) electrons. The third-order valence-electron chi connectivity index (χ3n) is 3.57. The van der Waals surface area contributed by atoms with Gasteiger partial charge in [0.05, 0.1) is 10.6 Å². The molecular weight excluding hydrogens is 390 g/mol. The molecule has 2 rings (SSSR count). The van der Waals surface area contributed by atoms with Crippen molar-refractivity contribution < 1.29 is 18.0 Å². The maximum Gasteiger partial charge on any atom is 0.417 e. The predicted molar refractivity (Wildman–Crippen MR) is 95.3 cm³/mol. The van der Waals surface area contributed by atoms with Crippen molar-refractivity contribution in [1.29, 1.82) is 0 Å². The highest BCUT2D eigenvalue weighted by atomic mass is 35.5. The second-order valence-corrected chi connectivity index (χ2v) is 6.39. The summed E-state index contributed by atoms with van der Waals surface area (Å²) < 4.78 is 37.8. The first-order valence-corrected chi connectivity index (χ1v) is 8.39. The lowest BCUT2D eigenvalue weighted by molar-refractivity contribution is -0.137. The fourth-order valence-electron chi connectivity index (χ4n) is 2.19. The molecule has 1 heterocycles. The first-order valence-electron chi connectivity index (χ1n) is 7.63. The van der Waals surface area contributed by atoms with Gasteiger partial charge in [-0.05, 0) is 23.8 Å². The number of rotatable bonds is 6. The Hall–Kier alpha value is -1.99. The lowest BCUT2D eigenvalue weighted by Crippen LogP contribution is -2.32. The normalized spacial score (nSPS) is 11.3. The fraction of sp³-hybridized carbons (Fsp3) is 0.294. The van der Waals surface area contributed by atoms with Crippen LogP contribution < -0.4 is 5.32 Å². The molecule has 1 amide bonds. The van der Waals surface area contributed by atoms with Crippen molar-refractivity contribution in [3.63, 3.8) is 0 Å². The molecule has 0 saturated heterocycles. The van der Waals surface area contributed by atoms with E-state index in [2.05, 4.69) is 10.3 Å². The summed E-state index contributed by atoms with van der Waals surface area (Å²) >= 11 is 11.7. The third kappa shape index (κ3) is 5.78. The summed E-state index contributed by atoms with van der Waals surface area (Å²) in [6.07, 6.45) is -3.79. The van der Waals surface area contributed by atoms with Crippen LogP contribution in [0.25, 0.3) is 0 Å². The summed E-state index contributed by atoms with van der Waals surface area (Å²) in [5.41, 5.74) is -0.00330. The monoisotopic (exact) mass is 405 g/mol. The number of aromatic nitrogens is 1. The van der Waals surface area contributed by atoms with Crippen LogP contribution in [0.1, 0.15) is 18.1 Å². The highest BCUT2D eigenvalue weighted by Gasteiger charge is 2.31. The Labute approximate surface area is 158 Å². The first kappa shape index (κ1) is 20.3. The number of amides is 1. The third-order valence-corrected chi connectivity index (χ3v) is 4.11. The Morgan fingerprint density at radius 3 is 2.42 bits per heavy atom. The molecule has 0 atom stereocenters. The van der Waals surface area contributed by atoms with Crippen LogP contribution in [0, 0.1) is 0 Å². The van der Waals surface area contributed by atoms with Crippen molar-refractivity contribution in [3.8, 4) is 0 Å². The average Bonchev–Trinajstić information content (AvgIpc) is 2.56. The summed E-state index contributed by atoms with van der Waals surface area (Å²) in [5.74, 6) is 0.00267. The number of hydrogen-bond donors (Lipinski definition) is 1. The highest BCUT2D eigenvalue weighted by molar-refractivity contribution is 6.33. The number of alkyl halides is 3. The summed E-state index contributed by atoms with van der Waals surface area (Å²) in [5, 5.41) is 3.32. The van der Waals surface area contributed by atoms with Crippen LogP contribution in [0.2, 0.25) is 10.0 Å². The van der Waals surface area contributed by atoms with Crippen molar-refractivity contribution in [2.45, 2.75) is 19.6 Å². The number of carbonyl (C=O) groups excluding carboxylic acids is 1. The molecule has 9 heteroatoms. The smallest absolute Gasteiger partial charge is 0.367 e. The van der Waals surface area contributed by atoms with Gasteiger partial charge in [-0.2, -0.15) is 13.2 Å². The Morgan fingerprint density at radius 2 is 1.88 bits per heavy atom. The average molecular weight is 406 g/mol. The molecule has 0 unspecified atom stereocenters. The van der Waals surface area contributed by atoms with E-state index in [1.54, 1.807) is 17.0 Å². The quantitative estimate of drug-likeness (QED) is 0.745. The van der Waals surface area contributed by atoms with Crippen LogP contribution in [0.15, 0.2) is 36.5 Å². The lowest BCUT2D eigenvalue weighted by Gasteiger charge is -2.22. The SMILES string of the molecule is CC(=O)N(CCNc1ncc(C(F)(F)F)cc1Cl)Cc1ccc(Cl)cc1. The van der Waals surface area contributed by atoms with Gasteiger partial charge in [0.2, 0.25) is 5.91 Å². The van der Waals surface area contributed by atoms with Gasteiger partial charge >= 0.3 is 6.18 Å². The first-order chi connectivity index (χ1) is 12.2. The summed E-state index contributed by atoms with van der Waals surface area (Å²) in [7, 11) is 0. The minimum atomic E-state index is -4.50. The lowest BCUT2D eigenvalue weighted by atomic mass is 10.2. The van der Waals surface area contributed by atoms with Crippen LogP contribution in [-0.4, -0.2) is 28.9 Å².